The number of aryl methyl sites for hydroxylation is 3. The van der Waals surface area contributed by atoms with Crippen molar-refractivity contribution in [1.29, 1.82) is 0 Å². The molecule has 0 spiro atoms. The van der Waals surface area contributed by atoms with Crippen molar-refractivity contribution in [2.45, 2.75) is 243 Å². The lowest BCUT2D eigenvalue weighted by molar-refractivity contribution is -0.139. The fraction of sp³-hybridized carbons (Fsp3) is 0.546. The fourth-order valence-corrected chi connectivity index (χ4v) is 16.4. The van der Waals surface area contributed by atoms with Crippen molar-refractivity contribution in [3.8, 4) is 51.7 Å². The van der Waals surface area contributed by atoms with Gasteiger partial charge in [0, 0.05) is 63.7 Å². The van der Waals surface area contributed by atoms with Crippen molar-refractivity contribution in [2.24, 2.45) is 0 Å². The molecule has 6 aromatic carbocycles. The number of benzene rings is 6. The summed E-state index contributed by atoms with van der Waals surface area (Å²) in [6.45, 7) is 13.9. The second-order valence-electron chi connectivity index (χ2n) is 32.1. The number of likely N-dealkylation sites (tertiary alicyclic amines) is 3. The van der Waals surface area contributed by atoms with Gasteiger partial charge in [-0.15, -0.1) is 0 Å². The van der Waals surface area contributed by atoms with Gasteiger partial charge in [0.2, 0.25) is 0 Å². The highest BCUT2D eigenvalue weighted by atomic mass is 16.5. The Morgan fingerprint density at radius 2 is 0.742 bits per heavy atom. The Hall–Kier alpha value is -11.0. The fourth-order valence-electron chi connectivity index (χ4n) is 16.4. The summed E-state index contributed by atoms with van der Waals surface area (Å²) >= 11 is 0. The molecule has 124 heavy (non-hydrogen) atoms. The van der Waals surface area contributed by atoms with Gasteiger partial charge in [-0.2, -0.15) is 0 Å². The number of urea groups is 3. The quantitative estimate of drug-likeness (QED) is 0.0193. The van der Waals surface area contributed by atoms with Gasteiger partial charge in [-0.25, -0.2) is 19.2 Å². The Morgan fingerprint density at radius 1 is 0.395 bits per heavy atom. The lowest BCUT2D eigenvalue weighted by Crippen LogP contribution is -2.53. The summed E-state index contributed by atoms with van der Waals surface area (Å²) in [4.78, 5) is 111. The van der Waals surface area contributed by atoms with Crippen molar-refractivity contribution >= 4 is 47.4 Å². The van der Waals surface area contributed by atoms with Gasteiger partial charge in [-0.1, -0.05) is 96.1 Å². The van der Waals surface area contributed by atoms with Crippen molar-refractivity contribution in [1.82, 2.24) is 41.3 Å². The van der Waals surface area contributed by atoms with E-state index >= 15 is 0 Å². The number of carboxylic acid groups (broad SMARTS) is 1. The topological polar surface area (TPSA) is 319 Å². The predicted molar refractivity (Wildman–Crippen MR) is 478 cm³/mol. The SMILES string of the molecule is CCC(CC)NC(=O)N1CCCC[C@H]1C(=O)C[C@H](CCc1ccc(OC)c(OC)c1)c1cccc(OCC(=O)O)c1.CCC(CC)NC(=O)N1CCCC[C@H]1CO[C@H](CCc1ccc(OC)c(OC)c1)c1cccc(OCC(=O)NCCNC(=O)COc2cccc([C@@H](CCc3ccc(OC)c(OC)c3)CC(=O)[C@@H]3CCCCN3C(=O)NC(CC)CC)c2)c1. The molecule has 0 bridgehead atoms. The Bertz CT molecular complexity index is 4340. The number of methoxy groups -OCH3 is 6. The number of Topliss-reactive ketones (excluding diaryl/α,β-unsaturated/α-hetero) is 2. The van der Waals surface area contributed by atoms with Crippen LogP contribution < -0.4 is 69.2 Å². The van der Waals surface area contributed by atoms with Gasteiger partial charge in [-0.3, -0.25) is 19.2 Å². The Kier molecular flexibility index (Phi) is 41.8. The first-order chi connectivity index (χ1) is 60.1. The molecule has 0 saturated carbocycles. The monoisotopic (exact) mass is 1720 g/mol. The first-order valence-electron chi connectivity index (χ1n) is 44.6. The molecule has 3 heterocycles. The number of carbonyl (C=O) groups is 8. The molecule has 3 fully saturated rings. The van der Waals surface area contributed by atoms with E-state index in [9.17, 15) is 38.4 Å². The van der Waals surface area contributed by atoms with Crippen molar-refractivity contribution in [3.63, 3.8) is 0 Å². The van der Waals surface area contributed by atoms with Crippen molar-refractivity contribution < 1.29 is 90.8 Å². The van der Waals surface area contributed by atoms with E-state index in [1.165, 1.54) is 0 Å². The number of nitrogens with zero attached hydrogens (tertiary/aromatic N) is 3. The zero-order chi connectivity index (χ0) is 89.3. The van der Waals surface area contributed by atoms with Crippen molar-refractivity contribution in [2.75, 3.05) is 102 Å². The number of hydrogen-bond donors (Lipinski definition) is 6. The molecule has 0 radical (unpaired) electrons. The van der Waals surface area contributed by atoms with Crippen LogP contribution in [0.5, 0.6) is 51.7 Å². The van der Waals surface area contributed by atoms with Gasteiger partial charge >= 0.3 is 24.1 Å². The molecule has 8 amide bonds. The third-order valence-corrected chi connectivity index (χ3v) is 23.8. The maximum absolute atomic E-state index is 14.3. The number of rotatable bonds is 48. The molecule has 27 heteroatoms. The van der Waals surface area contributed by atoms with Crippen LogP contribution in [0.1, 0.15) is 221 Å². The molecule has 3 aliphatic heterocycles. The molecule has 27 nitrogen and oxygen atoms in total. The van der Waals surface area contributed by atoms with E-state index in [2.05, 4.69) is 40.4 Å². The molecule has 6 atom stereocenters. The maximum atomic E-state index is 14.3. The van der Waals surface area contributed by atoms with Gasteiger partial charge in [0.25, 0.3) is 11.8 Å². The largest absolute Gasteiger partial charge is 0.493 e. The van der Waals surface area contributed by atoms with E-state index in [-0.39, 0.29) is 123 Å². The molecular formula is C97H136N8O19. The average molecular weight is 1720 g/mol. The number of nitrogens with one attached hydrogen (secondary N) is 5. The second-order valence-corrected chi connectivity index (χ2v) is 32.1. The van der Waals surface area contributed by atoms with Gasteiger partial charge in [0.1, 0.15) is 17.2 Å². The van der Waals surface area contributed by atoms with E-state index < -0.39 is 24.7 Å². The molecular weight excluding hydrogens is 1580 g/mol. The van der Waals surface area contributed by atoms with E-state index in [1.807, 2.05) is 142 Å². The van der Waals surface area contributed by atoms with Crippen LogP contribution in [-0.2, 0) is 48.0 Å². The molecule has 3 aliphatic rings. The molecule has 0 aromatic heterocycles. The highest BCUT2D eigenvalue weighted by molar-refractivity contribution is 5.90. The normalized spacial score (nSPS) is 15.8. The van der Waals surface area contributed by atoms with E-state index in [4.69, 9.17) is 52.5 Å². The Balaban J connectivity index is 0.000000388. The van der Waals surface area contributed by atoms with Crippen LogP contribution in [0, 0.1) is 0 Å². The van der Waals surface area contributed by atoms with Gasteiger partial charge in [0.05, 0.1) is 73.5 Å². The number of ether oxygens (including phenoxy) is 10. The lowest BCUT2D eigenvalue weighted by atomic mass is 9.85. The van der Waals surface area contributed by atoms with E-state index in [0.717, 1.165) is 117 Å². The number of aliphatic carboxylic acids is 1. The van der Waals surface area contributed by atoms with E-state index in [0.29, 0.717) is 129 Å². The number of carbonyl (C=O) groups excluding carboxylic acids is 7. The molecule has 3 saturated heterocycles. The summed E-state index contributed by atoms with van der Waals surface area (Å²) in [6, 6.07) is 38.6. The Labute approximate surface area is 733 Å². The molecule has 0 unspecified atom stereocenters. The smallest absolute Gasteiger partial charge is 0.341 e. The van der Waals surface area contributed by atoms with Crippen LogP contribution in [0.25, 0.3) is 0 Å². The van der Waals surface area contributed by atoms with Gasteiger partial charge in [0.15, 0.2) is 65.9 Å². The Morgan fingerprint density at radius 3 is 1.12 bits per heavy atom. The van der Waals surface area contributed by atoms with Crippen LogP contribution in [0.15, 0.2) is 127 Å². The summed E-state index contributed by atoms with van der Waals surface area (Å²) in [6.07, 6.45) is 16.7. The first kappa shape index (κ1) is 98.5. The molecule has 9 rings (SSSR count). The zero-order valence-corrected chi connectivity index (χ0v) is 75.1. The van der Waals surface area contributed by atoms with Gasteiger partial charge < -0.3 is 93.8 Å². The van der Waals surface area contributed by atoms with Gasteiger partial charge in [-0.05, 0) is 253 Å². The number of carboxylic acids is 1. The minimum absolute atomic E-state index is 0.0210. The standard InChI is InChI=1S/C65H92N6O12.C32H44N2O7/c1-9-50(10-2)68-64(75)70-35-15-13-21-52(70)42-83-57(30-26-46-28-32-59(78-6)61(38-46)80-8)49-20-18-23-54(40-49)82-44-63(74)67-34-33-66-62(73)43-81-53-22-17-19-47(39-53)48(29-25-45-27-31-58(77-5)60(37-45)79-7)41-56(72)55-24-14-16-36-71(55)65(76)69-51(11-3)12-4;1-5-25(6-2)33-32(38)34-17-8-7-12-27(34)28(35)20-24(23-10-9-11-26(19-23)41-21-31(36)37)15-13-22-14-16-29(39-3)30(18-22)40-4/h17-20,22-23,27-28,31-32,37-40,48,50-52,55,57H,9-16,21,24-26,29-30,33-36,41-44H2,1-8H3,(H,66,73)(H,67,74)(H,68,75)(H,69,76);9-11,14,16,18-19,24-25,27H,5-8,12-13,15,17,20-21H2,1-4H3,(H,33,38)(H,36,37)/t48-,52-,55-,57+;24-,27-/m00/s1. The molecule has 0 aliphatic carbocycles. The number of piperidine rings is 3. The highest BCUT2D eigenvalue weighted by Gasteiger charge is 2.37. The number of hydrogen-bond acceptors (Lipinski definition) is 18. The number of amides is 8. The summed E-state index contributed by atoms with van der Waals surface area (Å²) in [5.74, 6) is 3.16. The highest BCUT2D eigenvalue weighted by Crippen LogP contribution is 2.38. The lowest BCUT2D eigenvalue weighted by Gasteiger charge is -2.37. The third-order valence-electron chi connectivity index (χ3n) is 23.8. The molecule has 6 aromatic rings. The molecule has 6 N–H and O–H groups in total. The summed E-state index contributed by atoms with van der Waals surface area (Å²) in [5, 5.41) is 24.1. The minimum atomic E-state index is -1.06. The van der Waals surface area contributed by atoms with Crippen LogP contribution in [-0.4, -0.2) is 205 Å². The van der Waals surface area contributed by atoms with Crippen LogP contribution >= 0.6 is 0 Å². The zero-order valence-electron chi connectivity index (χ0n) is 75.1. The van der Waals surface area contributed by atoms with Crippen LogP contribution in [0.2, 0.25) is 0 Å². The third kappa shape index (κ3) is 30.8. The number of ketones is 2. The van der Waals surface area contributed by atoms with E-state index in [1.54, 1.807) is 70.7 Å². The average Bonchev–Trinajstić information content (AvgIpc) is 0.832. The minimum Gasteiger partial charge on any atom is -0.493 e. The summed E-state index contributed by atoms with van der Waals surface area (Å²) < 4.78 is 57.1. The second kappa shape index (κ2) is 52.6. The summed E-state index contributed by atoms with van der Waals surface area (Å²) in [5.41, 5.74) is 5.78. The van der Waals surface area contributed by atoms with Crippen molar-refractivity contribution in [3.05, 3.63) is 161 Å². The van der Waals surface area contributed by atoms with Crippen LogP contribution in [0.4, 0.5) is 14.4 Å². The predicted octanol–water partition coefficient (Wildman–Crippen LogP) is 15.9. The summed E-state index contributed by atoms with van der Waals surface area (Å²) in [7, 11) is 9.62. The first-order valence-corrected chi connectivity index (χ1v) is 44.6. The maximum Gasteiger partial charge on any atom is 0.341 e. The molecule has 678 valence electrons. The van der Waals surface area contributed by atoms with Crippen LogP contribution in [0.3, 0.4) is 0 Å².